The molecular weight excluding hydrogens is 194 g/mol. The average Bonchev–Trinajstić information content (AvgIpc) is 2.11. The van der Waals surface area contributed by atoms with Crippen LogP contribution >= 0.6 is 11.8 Å². The molecule has 0 radical (unpaired) electrons. The average molecular weight is 219 g/mol. The summed E-state index contributed by atoms with van der Waals surface area (Å²) in [4.78, 5) is 0. The Balaban J connectivity index is 3.95. The number of aliphatic hydroxyl groups is 1. The molecule has 0 aromatic heterocycles. The van der Waals surface area contributed by atoms with E-state index in [9.17, 15) is 5.11 Å². The maximum absolute atomic E-state index is 9.56. The molecule has 0 bridgehead atoms. The molecule has 0 fully saturated rings. The van der Waals surface area contributed by atoms with Gasteiger partial charge in [0.1, 0.15) is 0 Å². The zero-order valence-electron chi connectivity index (χ0n) is 10.2. The summed E-state index contributed by atoms with van der Waals surface area (Å²) >= 11 is 1.92. The molecule has 86 valence electrons. The van der Waals surface area contributed by atoms with Gasteiger partial charge in [-0.25, -0.2) is 0 Å². The predicted molar refractivity (Wildman–Crippen MR) is 66.0 cm³/mol. The van der Waals surface area contributed by atoms with Crippen LogP contribution in [0.1, 0.15) is 40.5 Å². The molecule has 0 aliphatic carbocycles. The highest BCUT2D eigenvalue weighted by atomic mass is 32.2. The first-order chi connectivity index (χ1) is 6.39. The van der Waals surface area contributed by atoms with Crippen LogP contribution in [0.4, 0.5) is 0 Å². The Hall–Kier alpha value is 0.270. The summed E-state index contributed by atoms with van der Waals surface area (Å²) < 4.78 is 0.339. The van der Waals surface area contributed by atoms with Gasteiger partial charge >= 0.3 is 0 Å². The molecule has 0 heterocycles. The first kappa shape index (κ1) is 14.3. The Morgan fingerprint density at radius 3 is 1.93 bits per heavy atom. The van der Waals surface area contributed by atoms with E-state index in [1.54, 1.807) is 0 Å². The van der Waals surface area contributed by atoms with Crippen molar-refractivity contribution < 1.29 is 5.11 Å². The predicted octanol–water partition coefficient (Wildman–Crippen LogP) is 2.27. The standard InChI is InChI=1S/C11H25NOS/c1-6-11(7-2,14-5)9-12-8-10(3,4)13/h12-13H,6-9H2,1-5H3. The maximum Gasteiger partial charge on any atom is 0.0715 e. The van der Waals surface area contributed by atoms with Gasteiger partial charge in [0, 0.05) is 17.8 Å². The van der Waals surface area contributed by atoms with Crippen molar-refractivity contribution in [3.8, 4) is 0 Å². The zero-order chi connectivity index (χ0) is 11.2. The van der Waals surface area contributed by atoms with Gasteiger partial charge in [-0.15, -0.1) is 0 Å². The lowest BCUT2D eigenvalue weighted by atomic mass is 10.0. The van der Waals surface area contributed by atoms with Crippen LogP contribution in [0.15, 0.2) is 0 Å². The topological polar surface area (TPSA) is 32.3 Å². The molecule has 0 amide bonds. The summed E-state index contributed by atoms with van der Waals surface area (Å²) in [5, 5.41) is 12.9. The van der Waals surface area contributed by atoms with E-state index in [0.29, 0.717) is 11.3 Å². The maximum atomic E-state index is 9.56. The van der Waals surface area contributed by atoms with Gasteiger partial charge in [0.2, 0.25) is 0 Å². The van der Waals surface area contributed by atoms with E-state index >= 15 is 0 Å². The van der Waals surface area contributed by atoms with Crippen LogP contribution in [0.3, 0.4) is 0 Å². The van der Waals surface area contributed by atoms with Crippen LogP contribution in [0, 0.1) is 0 Å². The molecule has 0 saturated heterocycles. The van der Waals surface area contributed by atoms with E-state index in [-0.39, 0.29) is 0 Å². The molecule has 2 nitrogen and oxygen atoms in total. The second-order valence-corrected chi connectivity index (χ2v) is 5.78. The van der Waals surface area contributed by atoms with Crippen molar-refractivity contribution in [3.63, 3.8) is 0 Å². The highest BCUT2D eigenvalue weighted by molar-refractivity contribution is 8.00. The molecule has 0 spiro atoms. The van der Waals surface area contributed by atoms with Gasteiger partial charge in [-0.3, -0.25) is 0 Å². The van der Waals surface area contributed by atoms with Gasteiger partial charge in [-0.05, 0) is 32.9 Å². The van der Waals surface area contributed by atoms with Gasteiger partial charge in [-0.2, -0.15) is 11.8 Å². The molecular formula is C11H25NOS. The fourth-order valence-electron chi connectivity index (χ4n) is 1.46. The normalized spacial score (nSPS) is 13.3. The summed E-state index contributed by atoms with van der Waals surface area (Å²) in [6, 6.07) is 0. The van der Waals surface area contributed by atoms with E-state index in [1.807, 2.05) is 25.6 Å². The first-order valence-corrected chi connectivity index (χ1v) is 6.60. The van der Waals surface area contributed by atoms with Crippen LogP contribution in [-0.4, -0.2) is 34.8 Å². The molecule has 2 N–H and O–H groups in total. The fraction of sp³-hybridized carbons (Fsp3) is 1.00. The summed E-state index contributed by atoms with van der Waals surface area (Å²) in [6.45, 7) is 9.76. The van der Waals surface area contributed by atoms with Crippen LogP contribution in [0.2, 0.25) is 0 Å². The molecule has 14 heavy (non-hydrogen) atoms. The minimum atomic E-state index is -0.606. The number of nitrogens with one attached hydrogen (secondary N) is 1. The van der Waals surface area contributed by atoms with E-state index in [2.05, 4.69) is 25.4 Å². The van der Waals surface area contributed by atoms with Crippen molar-refractivity contribution in [2.45, 2.75) is 50.9 Å². The van der Waals surface area contributed by atoms with Crippen LogP contribution in [0.5, 0.6) is 0 Å². The Bertz CT molecular complexity index is 142. The number of hydrogen-bond acceptors (Lipinski definition) is 3. The summed E-state index contributed by atoms with van der Waals surface area (Å²) in [6.07, 6.45) is 4.51. The lowest BCUT2D eigenvalue weighted by Crippen LogP contribution is -2.42. The third-order valence-corrected chi connectivity index (χ3v) is 4.31. The highest BCUT2D eigenvalue weighted by Crippen LogP contribution is 2.29. The lowest BCUT2D eigenvalue weighted by molar-refractivity contribution is 0.0791. The number of thioether (sulfide) groups is 1. The smallest absolute Gasteiger partial charge is 0.0715 e. The van der Waals surface area contributed by atoms with Gasteiger partial charge in [-0.1, -0.05) is 13.8 Å². The number of hydrogen-bond donors (Lipinski definition) is 2. The van der Waals surface area contributed by atoms with E-state index in [1.165, 1.54) is 12.8 Å². The molecule has 3 heteroatoms. The Kier molecular flexibility index (Phi) is 6.10. The fourth-order valence-corrected chi connectivity index (χ4v) is 2.28. The third-order valence-electron chi connectivity index (χ3n) is 2.73. The largest absolute Gasteiger partial charge is 0.389 e. The van der Waals surface area contributed by atoms with Crippen molar-refractivity contribution in [2.75, 3.05) is 19.3 Å². The van der Waals surface area contributed by atoms with Gasteiger partial charge < -0.3 is 10.4 Å². The minimum Gasteiger partial charge on any atom is -0.389 e. The summed E-state index contributed by atoms with van der Waals surface area (Å²) in [5.74, 6) is 0. The second kappa shape index (κ2) is 5.99. The Morgan fingerprint density at radius 1 is 1.14 bits per heavy atom. The van der Waals surface area contributed by atoms with Crippen LogP contribution in [0.25, 0.3) is 0 Å². The van der Waals surface area contributed by atoms with Crippen molar-refractivity contribution in [1.82, 2.24) is 5.32 Å². The van der Waals surface area contributed by atoms with Gasteiger partial charge in [0.05, 0.1) is 5.60 Å². The molecule has 0 aromatic carbocycles. The molecule has 0 aromatic rings. The molecule has 0 aliphatic heterocycles. The third kappa shape index (κ3) is 5.23. The molecule has 0 rings (SSSR count). The molecule has 0 unspecified atom stereocenters. The van der Waals surface area contributed by atoms with E-state index in [0.717, 1.165) is 6.54 Å². The quantitative estimate of drug-likeness (QED) is 0.689. The summed E-state index contributed by atoms with van der Waals surface area (Å²) in [7, 11) is 0. The van der Waals surface area contributed by atoms with E-state index < -0.39 is 5.60 Å². The van der Waals surface area contributed by atoms with E-state index in [4.69, 9.17) is 0 Å². The van der Waals surface area contributed by atoms with Crippen molar-refractivity contribution >= 4 is 11.8 Å². The first-order valence-electron chi connectivity index (χ1n) is 5.37. The Morgan fingerprint density at radius 2 is 1.64 bits per heavy atom. The molecule has 0 aliphatic rings. The zero-order valence-corrected chi connectivity index (χ0v) is 11.0. The van der Waals surface area contributed by atoms with Crippen molar-refractivity contribution in [1.29, 1.82) is 0 Å². The highest BCUT2D eigenvalue weighted by Gasteiger charge is 2.25. The Labute approximate surface area is 92.9 Å². The van der Waals surface area contributed by atoms with Crippen molar-refractivity contribution in [3.05, 3.63) is 0 Å². The monoisotopic (exact) mass is 219 g/mol. The molecule has 0 atom stereocenters. The summed E-state index contributed by atoms with van der Waals surface area (Å²) in [5.41, 5.74) is -0.606. The number of rotatable bonds is 7. The van der Waals surface area contributed by atoms with Crippen LogP contribution < -0.4 is 5.32 Å². The van der Waals surface area contributed by atoms with Gasteiger partial charge in [0.25, 0.3) is 0 Å². The van der Waals surface area contributed by atoms with Gasteiger partial charge in [0.15, 0.2) is 0 Å². The van der Waals surface area contributed by atoms with Crippen LogP contribution in [-0.2, 0) is 0 Å². The second-order valence-electron chi connectivity index (χ2n) is 4.51. The molecule has 0 saturated carbocycles. The van der Waals surface area contributed by atoms with Crippen molar-refractivity contribution in [2.24, 2.45) is 0 Å². The SMILES string of the molecule is CCC(CC)(CNCC(C)(C)O)SC. The minimum absolute atomic E-state index is 0.339. The lowest BCUT2D eigenvalue weighted by Gasteiger charge is -2.31.